The molecule has 2 heterocycles. The van der Waals surface area contributed by atoms with Gasteiger partial charge in [-0.05, 0) is 32.0 Å². The van der Waals surface area contributed by atoms with E-state index < -0.39 is 0 Å². The summed E-state index contributed by atoms with van der Waals surface area (Å²) in [5.41, 5.74) is 0.908. The molecule has 0 saturated heterocycles. The fourth-order valence-electron chi connectivity index (χ4n) is 1.47. The van der Waals surface area contributed by atoms with E-state index in [1.165, 1.54) is 6.33 Å². The van der Waals surface area contributed by atoms with Crippen LogP contribution in [0.15, 0.2) is 36.9 Å². The number of rotatable bonds is 5. The molecular weight excluding hydrogens is 228 g/mol. The fraction of sp³-hybridized carbons (Fsp3) is 0.308. The van der Waals surface area contributed by atoms with Crippen molar-refractivity contribution in [2.45, 2.75) is 26.5 Å². The highest BCUT2D eigenvalue weighted by Crippen LogP contribution is 2.22. The molecule has 0 radical (unpaired) electrons. The van der Waals surface area contributed by atoms with E-state index in [1.54, 1.807) is 12.4 Å². The molecule has 0 spiro atoms. The Labute approximate surface area is 106 Å². The van der Waals surface area contributed by atoms with Gasteiger partial charge >= 0.3 is 0 Å². The fourth-order valence-corrected chi connectivity index (χ4v) is 1.47. The van der Waals surface area contributed by atoms with Crippen LogP contribution in [-0.2, 0) is 6.54 Å². The average molecular weight is 244 g/mol. The second-order valence-corrected chi connectivity index (χ2v) is 4.07. The Kier molecular flexibility index (Phi) is 4.06. The van der Waals surface area contributed by atoms with Crippen LogP contribution in [0.25, 0.3) is 0 Å². The maximum Gasteiger partial charge on any atom is 0.169 e. The van der Waals surface area contributed by atoms with Crippen molar-refractivity contribution in [1.29, 1.82) is 0 Å². The quantitative estimate of drug-likeness (QED) is 0.874. The zero-order chi connectivity index (χ0) is 12.8. The Morgan fingerprint density at radius 3 is 2.83 bits per heavy atom. The number of anilines is 1. The molecule has 18 heavy (non-hydrogen) atoms. The lowest BCUT2D eigenvalue weighted by Gasteiger charge is -2.14. The molecule has 0 saturated carbocycles. The standard InChI is InChI=1S/C13H16N4O/c1-10(2)18-12-4-3-6-15-13(12)16-8-11-5-7-14-9-17-11/h3-7,9-10H,8H2,1-2H3,(H,15,16). The van der Waals surface area contributed by atoms with Crippen LogP contribution in [0.2, 0.25) is 0 Å². The highest BCUT2D eigenvalue weighted by Gasteiger charge is 2.06. The normalized spacial score (nSPS) is 10.4. The van der Waals surface area contributed by atoms with Crippen molar-refractivity contribution in [1.82, 2.24) is 15.0 Å². The monoisotopic (exact) mass is 244 g/mol. The molecule has 0 aliphatic heterocycles. The van der Waals surface area contributed by atoms with Crippen LogP contribution in [0.5, 0.6) is 5.75 Å². The van der Waals surface area contributed by atoms with Gasteiger partial charge in [0.25, 0.3) is 0 Å². The van der Waals surface area contributed by atoms with Gasteiger partial charge in [0.05, 0.1) is 18.3 Å². The number of aromatic nitrogens is 3. The van der Waals surface area contributed by atoms with Gasteiger partial charge in [-0.3, -0.25) is 0 Å². The molecule has 5 heteroatoms. The molecule has 0 bridgehead atoms. The SMILES string of the molecule is CC(C)Oc1cccnc1NCc1ccncn1. The minimum atomic E-state index is 0.119. The van der Waals surface area contributed by atoms with Crippen molar-refractivity contribution in [3.63, 3.8) is 0 Å². The molecule has 2 aromatic heterocycles. The van der Waals surface area contributed by atoms with E-state index in [4.69, 9.17) is 4.74 Å². The molecule has 0 fully saturated rings. The number of nitrogens with zero attached hydrogens (tertiary/aromatic N) is 3. The van der Waals surface area contributed by atoms with E-state index in [0.29, 0.717) is 6.54 Å². The Hall–Kier alpha value is -2.17. The number of nitrogens with one attached hydrogen (secondary N) is 1. The van der Waals surface area contributed by atoms with Crippen LogP contribution in [-0.4, -0.2) is 21.1 Å². The summed E-state index contributed by atoms with van der Waals surface area (Å²) in [6, 6.07) is 5.61. The molecule has 2 aromatic rings. The van der Waals surface area contributed by atoms with E-state index in [-0.39, 0.29) is 6.10 Å². The lowest BCUT2D eigenvalue weighted by molar-refractivity contribution is 0.243. The second-order valence-electron chi connectivity index (χ2n) is 4.07. The molecule has 0 amide bonds. The first-order valence-electron chi connectivity index (χ1n) is 5.86. The van der Waals surface area contributed by atoms with Gasteiger partial charge in [0.15, 0.2) is 11.6 Å². The van der Waals surface area contributed by atoms with E-state index in [2.05, 4.69) is 20.3 Å². The zero-order valence-corrected chi connectivity index (χ0v) is 10.5. The molecule has 1 N–H and O–H groups in total. The summed E-state index contributed by atoms with van der Waals surface area (Å²) in [6.07, 6.45) is 5.10. The van der Waals surface area contributed by atoms with Crippen LogP contribution in [0.4, 0.5) is 5.82 Å². The zero-order valence-electron chi connectivity index (χ0n) is 10.5. The first kappa shape index (κ1) is 12.3. The maximum atomic E-state index is 5.68. The van der Waals surface area contributed by atoms with Crippen LogP contribution in [0.3, 0.4) is 0 Å². The van der Waals surface area contributed by atoms with Crippen molar-refractivity contribution in [2.24, 2.45) is 0 Å². The van der Waals surface area contributed by atoms with Crippen LogP contribution >= 0.6 is 0 Å². The maximum absolute atomic E-state index is 5.68. The van der Waals surface area contributed by atoms with Gasteiger partial charge in [0.2, 0.25) is 0 Å². The van der Waals surface area contributed by atoms with Gasteiger partial charge < -0.3 is 10.1 Å². The highest BCUT2D eigenvalue weighted by atomic mass is 16.5. The van der Waals surface area contributed by atoms with Gasteiger partial charge in [0, 0.05) is 12.4 Å². The molecule has 94 valence electrons. The lowest BCUT2D eigenvalue weighted by atomic mass is 10.3. The summed E-state index contributed by atoms with van der Waals surface area (Å²) >= 11 is 0. The van der Waals surface area contributed by atoms with Crippen molar-refractivity contribution < 1.29 is 4.74 Å². The lowest BCUT2D eigenvalue weighted by Crippen LogP contribution is -2.10. The number of hydrogen-bond acceptors (Lipinski definition) is 5. The largest absolute Gasteiger partial charge is 0.487 e. The summed E-state index contributed by atoms with van der Waals surface area (Å²) in [7, 11) is 0. The number of pyridine rings is 1. The first-order valence-corrected chi connectivity index (χ1v) is 5.86. The molecule has 0 unspecified atom stereocenters. The number of ether oxygens (including phenoxy) is 1. The third-order valence-corrected chi connectivity index (χ3v) is 2.21. The van der Waals surface area contributed by atoms with Gasteiger partial charge in [-0.25, -0.2) is 15.0 Å². The summed E-state index contributed by atoms with van der Waals surface area (Å²) in [5, 5.41) is 3.21. The van der Waals surface area contributed by atoms with Crippen molar-refractivity contribution in [2.75, 3.05) is 5.32 Å². The van der Waals surface area contributed by atoms with Gasteiger partial charge in [-0.1, -0.05) is 0 Å². The third-order valence-electron chi connectivity index (χ3n) is 2.21. The third kappa shape index (κ3) is 3.41. The Morgan fingerprint density at radius 2 is 2.11 bits per heavy atom. The average Bonchev–Trinajstić information content (AvgIpc) is 2.38. The predicted octanol–water partition coefficient (Wildman–Crippen LogP) is 2.27. The van der Waals surface area contributed by atoms with Gasteiger partial charge in [-0.15, -0.1) is 0 Å². The molecule has 0 aromatic carbocycles. The number of hydrogen-bond donors (Lipinski definition) is 1. The second kappa shape index (κ2) is 5.95. The van der Waals surface area contributed by atoms with Crippen molar-refractivity contribution in [3.8, 4) is 5.75 Å². The van der Waals surface area contributed by atoms with E-state index in [1.807, 2.05) is 32.0 Å². The molecular formula is C13H16N4O. The van der Waals surface area contributed by atoms with E-state index in [9.17, 15) is 0 Å². The van der Waals surface area contributed by atoms with Crippen molar-refractivity contribution >= 4 is 5.82 Å². The van der Waals surface area contributed by atoms with Crippen LogP contribution in [0.1, 0.15) is 19.5 Å². The van der Waals surface area contributed by atoms with Gasteiger partial charge in [-0.2, -0.15) is 0 Å². The first-order chi connectivity index (χ1) is 8.75. The summed E-state index contributed by atoms with van der Waals surface area (Å²) in [5.74, 6) is 1.48. The van der Waals surface area contributed by atoms with E-state index >= 15 is 0 Å². The topological polar surface area (TPSA) is 59.9 Å². The summed E-state index contributed by atoms with van der Waals surface area (Å²) in [4.78, 5) is 12.3. The molecule has 0 aliphatic rings. The minimum absolute atomic E-state index is 0.119. The molecule has 0 atom stereocenters. The summed E-state index contributed by atoms with van der Waals surface area (Å²) < 4.78 is 5.68. The van der Waals surface area contributed by atoms with E-state index in [0.717, 1.165) is 17.3 Å². The Balaban J connectivity index is 2.05. The smallest absolute Gasteiger partial charge is 0.169 e. The molecule has 5 nitrogen and oxygen atoms in total. The Morgan fingerprint density at radius 1 is 1.22 bits per heavy atom. The van der Waals surface area contributed by atoms with Crippen molar-refractivity contribution in [3.05, 3.63) is 42.6 Å². The van der Waals surface area contributed by atoms with Crippen LogP contribution in [0, 0.1) is 0 Å². The molecule has 2 rings (SSSR count). The minimum Gasteiger partial charge on any atom is -0.487 e. The highest BCUT2D eigenvalue weighted by molar-refractivity contribution is 5.49. The predicted molar refractivity (Wildman–Crippen MR) is 69.4 cm³/mol. The summed E-state index contributed by atoms with van der Waals surface area (Å²) in [6.45, 7) is 4.57. The van der Waals surface area contributed by atoms with Gasteiger partial charge in [0.1, 0.15) is 6.33 Å². The van der Waals surface area contributed by atoms with Crippen LogP contribution < -0.4 is 10.1 Å². The molecule has 0 aliphatic carbocycles. The Bertz CT molecular complexity index is 487.